The molecule has 0 radical (unpaired) electrons. The maximum Gasteiger partial charge on any atom is 0.248 e. The van der Waals surface area contributed by atoms with E-state index < -0.39 is 0 Å². The second kappa shape index (κ2) is 7.93. The molecule has 0 saturated heterocycles. The van der Waals surface area contributed by atoms with Gasteiger partial charge in [-0.2, -0.15) is 0 Å². The lowest BCUT2D eigenvalue weighted by atomic mass is 10.2. The number of benzene rings is 2. The van der Waals surface area contributed by atoms with Gasteiger partial charge in [-0.1, -0.05) is 46.4 Å². The van der Waals surface area contributed by atoms with E-state index in [1.54, 1.807) is 36.4 Å². The molecule has 2 aromatic rings. The van der Waals surface area contributed by atoms with Gasteiger partial charge in [0.2, 0.25) is 5.91 Å². The molecule has 120 valence electrons. The Morgan fingerprint density at radius 2 is 1.78 bits per heavy atom. The number of hydrogen-bond acceptors (Lipinski definition) is 2. The van der Waals surface area contributed by atoms with Crippen LogP contribution in [0.15, 0.2) is 36.4 Å². The molecule has 0 aromatic heterocycles. The number of rotatable bonds is 4. The van der Waals surface area contributed by atoms with Gasteiger partial charge in [-0.15, -0.1) is 0 Å². The van der Waals surface area contributed by atoms with Gasteiger partial charge in [-0.3, -0.25) is 4.79 Å². The Hall–Kier alpha value is -1.39. The molecular weight excluding hydrogens is 380 g/mol. The highest BCUT2D eigenvalue weighted by Gasteiger charge is 2.09. The lowest BCUT2D eigenvalue weighted by molar-refractivity contribution is -0.111. The summed E-state index contributed by atoms with van der Waals surface area (Å²) in [4.78, 5) is 12.0. The summed E-state index contributed by atoms with van der Waals surface area (Å²) in [6.45, 7) is 0. The van der Waals surface area contributed by atoms with Crippen LogP contribution < -0.4 is 10.1 Å². The summed E-state index contributed by atoms with van der Waals surface area (Å²) in [6.07, 6.45) is 2.87. The first kappa shape index (κ1) is 18.0. The summed E-state index contributed by atoms with van der Waals surface area (Å²) < 4.78 is 5.20. The molecule has 1 N–H and O–H groups in total. The zero-order valence-electron chi connectivity index (χ0n) is 11.9. The molecule has 0 bridgehead atoms. The second-order valence-corrected chi connectivity index (χ2v) is 6.14. The largest absolute Gasteiger partial charge is 0.495 e. The number of nitrogens with one attached hydrogen (secondary N) is 1. The van der Waals surface area contributed by atoms with Crippen molar-refractivity contribution >= 4 is 64.1 Å². The van der Waals surface area contributed by atoms with Crippen molar-refractivity contribution in [1.29, 1.82) is 0 Å². The zero-order valence-corrected chi connectivity index (χ0v) is 14.9. The third-order valence-electron chi connectivity index (χ3n) is 2.84. The standard InChI is InChI=1S/C16H11Cl4NO2/c1-23-16-9(6-11(18)7-13(16)20)2-5-15(22)21-14-8-10(17)3-4-12(14)19/h2-8H,1H3,(H,21,22). The predicted molar refractivity (Wildman–Crippen MR) is 97.1 cm³/mol. The fraction of sp³-hybridized carbons (Fsp3) is 0.0625. The van der Waals surface area contributed by atoms with Gasteiger partial charge in [0, 0.05) is 21.7 Å². The van der Waals surface area contributed by atoms with Crippen molar-refractivity contribution in [3.05, 3.63) is 62.1 Å². The Morgan fingerprint density at radius 3 is 2.48 bits per heavy atom. The van der Waals surface area contributed by atoms with E-state index >= 15 is 0 Å². The van der Waals surface area contributed by atoms with Crippen molar-refractivity contribution in [2.75, 3.05) is 12.4 Å². The highest BCUT2D eigenvalue weighted by atomic mass is 35.5. The van der Waals surface area contributed by atoms with Gasteiger partial charge in [-0.05, 0) is 36.4 Å². The molecule has 0 heterocycles. The molecule has 0 saturated carbocycles. The van der Waals surface area contributed by atoms with Crippen LogP contribution in [0.5, 0.6) is 5.75 Å². The third kappa shape index (κ3) is 4.79. The first-order valence-electron chi connectivity index (χ1n) is 6.38. The SMILES string of the molecule is COc1c(Cl)cc(Cl)cc1C=CC(=O)Nc1cc(Cl)ccc1Cl. The molecule has 2 aromatic carbocycles. The summed E-state index contributed by atoms with van der Waals surface area (Å²) in [6, 6.07) is 8.00. The Kier molecular flexibility index (Phi) is 6.19. The normalized spacial score (nSPS) is 10.8. The van der Waals surface area contributed by atoms with E-state index in [9.17, 15) is 4.79 Å². The van der Waals surface area contributed by atoms with Crippen LogP contribution in [0.4, 0.5) is 5.69 Å². The van der Waals surface area contributed by atoms with Crippen molar-refractivity contribution in [3.63, 3.8) is 0 Å². The maximum atomic E-state index is 12.0. The average molecular weight is 391 g/mol. The maximum absolute atomic E-state index is 12.0. The molecule has 0 unspecified atom stereocenters. The van der Waals surface area contributed by atoms with Crippen molar-refractivity contribution < 1.29 is 9.53 Å². The Labute approximate surface area is 153 Å². The van der Waals surface area contributed by atoms with Crippen molar-refractivity contribution in [3.8, 4) is 5.75 Å². The van der Waals surface area contributed by atoms with Gasteiger partial charge in [-0.25, -0.2) is 0 Å². The van der Waals surface area contributed by atoms with Crippen molar-refractivity contribution in [2.45, 2.75) is 0 Å². The summed E-state index contributed by atoms with van der Waals surface area (Å²) in [5.74, 6) is 0.0493. The minimum atomic E-state index is -0.382. The van der Waals surface area contributed by atoms with Crippen LogP contribution in [0, 0.1) is 0 Å². The number of carbonyl (C=O) groups excluding carboxylic acids is 1. The first-order valence-corrected chi connectivity index (χ1v) is 7.89. The number of carbonyl (C=O) groups is 1. The van der Waals surface area contributed by atoms with Crippen molar-refractivity contribution in [1.82, 2.24) is 0 Å². The number of amides is 1. The molecule has 0 aliphatic heterocycles. The van der Waals surface area contributed by atoms with Crippen molar-refractivity contribution in [2.24, 2.45) is 0 Å². The molecule has 2 rings (SSSR count). The molecule has 0 spiro atoms. The van der Waals surface area contributed by atoms with Gasteiger partial charge in [0.15, 0.2) is 0 Å². The molecule has 7 heteroatoms. The van der Waals surface area contributed by atoms with Crippen LogP contribution in [-0.2, 0) is 4.79 Å². The lowest BCUT2D eigenvalue weighted by Gasteiger charge is -2.08. The van der Waals surface area contributed by atoms with Gasteiger partial charge in [0.05, 0.1) is 22.8 Å². The van der Waals surface area contributed by atoms with Gasteiger partial charge < -0.3 is 10.1 Å². The smallest absolute Gasteiger partial charge is 0.248 e. The van der Waals surface area contributed by atoms with Gasteiger partial charge in [0.25, 0.3) is 0 Å². The topological polar surface area (TPSA) is 38.3 Å². The lowest BCUT2D eigenvalue weighted by Crippen LogP contribution is -2.08. The summed E-state index contributed by atoms with van der Waals surface area (Å²) >= 11 is 23.9. The van der Waals surface area contributed by atoms with Crippen LogP contribution in [0.2, 0.25) is 20.1 Å². The van der Waals surface area contributed by atoms with E-state index in [0.717, 1.165) is 0 Å². The number of hydrogen-bond donors (Lipinski definition) is 1. The second-order valence-electron chi connectivity index (χ2n) is 4.46. The van der Waals surface area contributed by atoms with Gasteiger partial charge in [0.1, 0.15) is 5.75 Å². The summed E-state index contributed by atoms with van der Waals surface area (Å²) in [5, 5.41) is 4.29. The highest BCUT2D eigenvalue weighted by Crippen LogP contribution is 2.33. The molecule has 23 heavy (non-hydrogen) atoms. The summed E-state index contributed by atoms with van der Waals surface area (Å²) in [7, 11) is 1.48. The molecule has 1 amide bonds. The Bertz CT molecular complexity index is 775. The quantitative estimate of drug-likeness (QED) is 0.654. The van der Waals surface area contributed by atoms with Crippen LogP contribution in [0.25, 0.3) is 6.08 Å². The molecule has 0 aliphatic carbocycles. The molecule has 0 aliphatic rings. The Balaban J connectivity index is 2.20. The fourth-order valence-corrected chi connectivity index (χ4v) is 2.78. The zero-order chi connectivity index (χ0) is 17.0. The van der Waals surface area contributed by atoms with Gasteiger partial charge >= 0.3 is 0 Å². The van der Waals surface area contributed by atoms with E-state index in [4.69, 9.17) is 51.1 Å². The molecule has 3 nitrogen and oxygen atoms in total. The molecule has 0 atom stereocenters. The minimum absolute atomic E-state index is 0.359. The van der Waals surface area contributed by atoms with E-state index in [-0.39, 0.29) is 5.91 Å². The predicted octanol–water partition coefficient (Wildman–Crippen LogP) is 5.96. The summed E-state index contributed by atoms with van der Waals surface area (Å²) in [5.41, 5.74) is 1.00. The molecular formula is C16H11Cl4NO2. The number of anilines is 1. The highest BCUT2D eigenvalue weighted by molar-refractivity contribution is 6.36. The van der Waals surface area contributed by atoms with E-state index in [1.165, 1.54) is 13.2 Å². The van der Waals surface area contributed by atoms with Crippen LogP contribution in [0.3, 0.4) is 0 Å². The number of ether oxygens (including phenoxy) is 1. The van der Waals surface area contributed by atoms with Crippen LogP contribution in [-0.4, -0.2) is 13.0 Å². The molecule has 0 fully saturated rings. The third-order valence-corrected chi connectivity index (χ3v) is 3.91. The first-order chi connectivity index (χ1) is 10.9. The minimum Gasteiger partial charge on any atom is -0.495 e. The average Bonchev–Trinajstić information content (AvgIpc) is 2.48. The van der Waals surface area contributed by atoms with Crippen LogP contribution >= 0.6 is 46.4 Å². The fourth-order valence-electron chi connectivity index (χ4n) is 1.85. The Morgan fingerprint density at radius 1 is 1.04 bits per heavy atom. The van der Waals surface area contributed by atoms with E-state index in [0.29, 0.717) is 37.1 Å². The van der Waals surface area contributed by atoms with E-state index in [2.05, 4.69) is 5.32 Å². The van der Waals surface area contributed by atoms with E-state index in [1.807, 2.05) is 0 Å². The number of halogens is 4. The van der Waals surface area contributed by atoms with Crippen LogP contribution in [0.1, 0.15) is 5.56 Å². The monoisotopic (exact) mass is 389 g/mol. The number of methoxy groups -OCH3 is 1.